The van der Waals surface area contributed by atoms with Crippen molar-refractivity contribution in [1.82, 2.24) is 5.16 Å². The summed E-state index contributed by atoms with van der Waals surface area (Å²) in [7, 11) is 2.86. The average Bonchev–Trinajstić information content (AvgIpc) is 3.16. The van der Waals surface area contributed by atoms with Gasteiger partial charge in [0, 0.05) is 11.6 Å². The Hall–Kier alpha value is -3.81. The van der Waals surface area contributed by atoms with E-state index in [-0.39, 0.29) is 22.9 Å². The molecule has 0 saturated carbocycles. The summed E-state index contributed by atoms with van der Waals surface area (Å²) in [5.74, 6) is -0.0413. The molecule has 3 aromatic rings. The quantitative estimate of drug-likeness (QED) is 0.610. The maximum atomic E-state index is 13.0. The van der Waals surface area contributed by atoms with Crippen LogP contribution >= 0.6 is 0 Å². The summed E-state index contributed by atoms with van der Waals surface area (Å²) in [5, 5.41) is 6.33. The summed E-state index contributed by atoms with van der Waals surface area (Å²) < 4.78 is 21.0. The number of hydrogen-bond acceptors (Lipinski definition) is 7. The zero-order chi connectivity index (χ0) is 20.8. The van der Waals surface area contributed by atoms with Crippen molar-refractivity contribution in [3.05, 3.63) is 71.5 Å². The molecule has 3 rings (SSSR count). The molecule has 1 aromatic heterocycles. The Bertz CT molecular complexity index is 977. The summed E-state index contributed by atoms with van der Waals surface area (Å²) in [5.41, 5.74) is 0.580. The molecular formula is C21H20N2O6. The number of hydrogen-bond donors (Lipinski definition) is 1. The molecule has 8 nitrogen and oxygen atoms in total. The Morgan fingerprint density at radius 3 is 2.21 bits per heavy atom. The number of nitrogens with one attached hydrogen (secondary N) is 1. The monoisotopic (exact) mass is 396 g/mol. The lowest BCUT2D eigenvalue weighted by molar-refractivity contribution is -0.125. The SMILES string of the molecule is COc1cccc(OC)c1C(=O)OC(C(=O)Nc1cc(C)on1)c1ccccc1. The standard InChI is InChI=1S/C21H20N2O6/c1-13-12-17(23-29-13)22-20(24)19(14-8-5-4-6-9-14)28-21(25)18-15(26-2)10-7-11-16(18)27-3/h4-12,19H,1-3H3,(H,22,23,24). The van der Waals surface area contributed by atoms with Gasteiger partial charge in [-0.05, 0) is 19.1 Å². The molecule has 8 heteroatoms. The van der Waals surface area contributed by atoms with E-state index in [1.54, 1.807) is 61.5 Å². The van der Waals surface area contributed by atoms with Gasteiger partial charge < -0.3 is 24.1 Å². The third kappa shape index (κ3) is 4.55. The molecule has 0 aliphatic carbocycles. The summed E-state index contributed by atoms with van der Waals surface area (Å²) in [4.78, 5) is 25.8. The largest absolute Gasteiger partial charge is 0.496 e. The highest BCUT2D eigenvalue weighted by Crippen LogP contribution is 2.31. The molecule has 1 heterocycles. The van der Waals surface area contributed by atoms with E-state index < -0.39 is 18.0 Å². The van der Waals surface area contributed by atoms with Crippen LogP contribution in [-0.4, -0.2) is 31.3 Å². The molecule has 0 aliphatic rings. The fraction of sp³-hybridized carbons (Fsp3) is 0.190. The van der Waals surface area contributed by atoms with Crippen LogP contribution in [0.5, 0.6) is 11.5 Å². The van der Waals surface area contributed by atoms with E-state index in [4.69, 9.17) is 18.7 Å². The van der Waals surface area contributed by atoms with Crippen molar-refractivity contribution in [2.45, 2.75) is 13.0 Å². The fourth-order valence-electron chi connectivity index (χ4n) is 2.74. The van der Waals surface area contributed by atoms with Crippen LogP contribution in [0, 0.1) is 6.92 Å². The summed E-state index contributed by atoms with van der Waals surface area (Å²) in [6, 6.07) is 15.1. The first kappa shape index (κ1) is 19.9. The number of aromatic nitrogens is 1. The first-order valence-corrected chi connectivity index (χ1v) is 8.74. The second-order valence-electron chi connectivity index (χ2n) is 6.05. The smallest absolute Gasteiger partial charge is 0.346 e. The molecule has 0 fully saturated rings. The van der Waals surface area contributed by atoms with Gasteiger partial charge in [-0.2, -0.15) is 0 Å². The molecule has 2 aromatic carbocycles. The predicted octanol–water partition coefficient (Wildman–Crippen LogP) is 3.54. The van der Waals surface area contributed by atoms with Gasteiger partial charge in [-0.3, -0.25) is 4.79 Å². The maximum Gasteiger partial charge on any atom is 0.346 e. The lowest BCUT2D eigenvalue weighted by Crippen LogP contribution is -2.26. The number of ether oxygens (including phenoxy) is 3. The Kier molecular flexibility index (Phi) is 6.13. The van der Waals surface area contributed by atoms with Crippen molar-refractivity contribution >= 4 is 17.7 Å². The molecule has 1 unspecified atom stereocenters. The second-order valence-corrected chi connectivity index (χ2v) is 6.05. The van der Waals surface area contributed by atoms with Crippen LogP contribution in [0.4, 0.5) is 5.82 Å². The van der Waals surface area contributed by atoms with E-state index in [1.807, 2.05) is 0 Å². The van der Waals surface area contributed by atoms with Crippen molar-refractivity contribution in [1.29, 1.82) is 0 Å². The number of carbonyl (C=O) groups is 2. The third-order valence-corrected chi connectivity index (χ3v) is 4.08. The lowest BCUT2D eigenvalue weighted by Gasteiger charge is -2.19. The number of aryl methyl sites for hydroxylation is 1. The summed E-state index contributed by atoms with van der Waals surface area (Å²) >= 11 is 0. The van der Waals surface area contributed by atoms with E-state index in [0.29, 0.717) is 11.3 Å². The molecule has 150 valence electrons. The predicted molar refractivity (Wildman–Crippen MR) is 104 cm³/mol. The molecule has 1 N–H and O–H groups in total. The van der Waals surface area contributed by atoms with Crippen molar-refractivity contribution in [3.63, 3.8) is 0 Å². The zero-order valence-corrected chi connectivity index (χ0v) is 16.2. The lowest BCUT2D eigenvalue weighted by atomic mass is 10.1. The molecule has 0 radical (unpaired) electrons. The van der Waals surface area contributed by atoms with Crippen molar-refractivity contribution in [3.8, 4) is 11.5 Å². The third-order valence-electron chi connectivity index (χ3n) is 4.08. The molecule has 1 atom stereocenters. The number of rotatable bonds is 7. The number of esters is 1. The van der Waals surface area contributed by atoms with Crippen LogP contribution in [0.2, 0.25) is 0 Å². The number of benzene rings is 2. The Morgan fingerprint density at radius 2 is 1.66 bits per heavy atom. The van der Waals surface area contributed by atoms with Crippen molar-refractivity contribution in [2.75, 3.05) is 19.5 Å². The fourth-order valence-corrected chi connectivity index (χ4v) is 2.74. The van der Waals surface area contributed by atoms with Gasteiger partial charge in [0.05, 0.1) is 14.2 Å². The Balaban J connectivity index is 1.91. The van der Waals surface area contributed by atoms with Crippen LogP contribution in [0.1, 0.15) is 27.8 Å². The summed E-state index contributed by atoms with van der Waals surface area (Å²) in [6.45, 7) is 1.70. The highest BCUT2D eigenvalue weighted by Gasteiger charge is 2.29. The molecule has 0 spiro atoms. The van der Waals surface area contributed by atoms with Gasteiger partial charge >= 0.3 is 5.97 Å². The number of amides is 1. The molecule has 29 heavy (non-hydrogen) atoms. The Morgan fingerprint density at radius 1 is 1.00 bits per heavy atom. The van der Waals surface area contributed by atoms with E-state index in [1.165, 1.54) is 14.2 Å². The minimum atomic E-state index is -1.23. The van der Waals surface area contributed by atoms with Crippen LogP contribution in [0.3, 0.4) is 0 Å². The van der Waals surface area contributed by atoms with Crippen LogP contribution < -0.4 is 14.8 Å². The van der Waals surface area contributed by atoms with Gasteiger partial charge in [0.2, 0.25) is 6.10 Å². The molecule has 0 saturated heterocycles. The summed E-state index contributed by atoms with van der Waals surface area (Å²) in [6.07, 6.45) is -1.23. The minimum Gasteiger partial charge on any atom is -0.496 e. The maximum absolute atomic E-state index is 13.0. The van der Waals surface area contributed by atoms with Crippen LogP contribution in [0.25, 0.3) is 0 Å². The van der Waals surface area contributed by atoms with E-state index in [2.05, 4.69) is 10.5 Å². The van der Waals surface area contributed by atoms with Gasteiger partial charge in [-0.1, -0.05) is 41.6 Å². The van der Waals surface area contributed by atoms with Crippen LogP contribution in [0.15, 0.2) is 59.1 Å². The first-order valence-electron chi connectivity index (χ1n) is 8.74. The van der Waals surface area contributed by atoms with Gasteiger partial charge in [-0.25, -0.2) is 4.79 Å². The van der Waals surface area contributed by atoms with Gasteiger partial charge in [0.25, 0.3) is 5.91 Å². The highest BCUT2D eigenvalue weighted by molar-refractivity contribution is 6.00. The van der Waals surface area contributed by atoms with Crippen molar-refractivity contribution in [2.24, 2.45) is 0 Å². The number of nitrogens with zero attached hydrogens (tertiary/aromatic N) is 1. The molecule has 1 amide bonds. The second kappa shape index (κ2) is 8.92. The van der Waals surface area contributed by atoms with E-state index in [0.717, 1.165) is 0 Å². The van der Waals surface area contributed by atoms with Crippen molar-refractivity contribution < 1.29 is 28.3 Å². The zero-order valence-electron chi connectivity index (χ0n) is 16.2. The average molecular weight is 396 g/mol. The van der Waals surface area contributed by atoms with Gasteiger partial charge in [-0.15, -0.1) is 0 Å². The van der Waals surface area contributed by atoms with Gasteiger partial charge in [0.15, 0.2) is 5.82 Å². The first-order chi connectivity index (χ1) is 14.0. The topological polar surface area (TPSA) is 99.9 Å². The van der Waals surface area contributed by atoms with E-state index in [9.17, 15) is 9.59 Å². The molecule has 0 bridgehead atoms. The number of anilines is 1. The Labute approximate surface area is 167 Å². The minimum absolute atomic E-state index is 0.0866. The normalized spacial score (nSPS) is 11.4. The highest BCUT2D eigenvalue weighted by atomic mass is 16.6. The van der Waals surface area contributed by atoms with Gasteiger partial charge in [0.1, 0.15) is 22.8 Å². The van der Waals surface area contributed by atoms with Crippen LogP contribution in [-0.2, 0) is 9.53 Å². The van der Waals surface area contributed by atoms with E-state index >= 15 is 0 Å². The molecule has 0 aliphatic heterocycles. The number of carbonyl (C=O) groups excluding carboxylic acids is 2. The molecular weight excluding hydrogens is 376 g/mol. The number of methoxy groups -OCH3 is 2.